The van der Waals surface area contributed by atoms with Crippen LogP contribution in [-0.2, 0) is 10.0 Å². The first-order chi connectivity index (χ1) is 8.94. The van der Waals surface area contributed by atoms with Gasteiger partial charge in [-0.1, -0.05) is 12.1 Å². The van der Waals surface area contributed by atoms with E-state index in [-0.39, 0.29) is 10.7 Å². The van der Waals surface area contributed by atoms with Gasteiger partial charge < -0.3 is 5.73 Å². The normalized spacial score (nSPS) is 11.3. The first-order valence-corrected chi connectivity index (χ1v) is 6.82. The molecule has 1 aromatic heterocycles. The average molecular weight is 281 g/mol. The highest BCUT2D eigenvalue weighted by Crippen LogP contribution is 2.26. The Labute approximate surface area is 110 Å². The van der Waals surface area contributed by atoms with Crippen LogP contribution >= 0.6 is 0 Å². The van der Waals surface area contributed by atoms with Gasteiger partial charge in [0.1, 0.15) is 16.5 Å². The molecule has 0 fully saturated rings. The van der Waals surface area contributed by atoms with Gasteiger partial charge in [-0.25, -0.2) is 17.8 Å². The number of anilines is 2. The van der Waals surface area contributed by atoms with E-state index in [1.807, 2.05) is 0 Å². The Hall–Kier alpha value is -2.15. The van der Waals surface area contributed by atoms with E-state index in [1.54, 1.807) is 12.1 Å². The van der Waals surface area contributed by atoms with Crippen molar-refractivity contribution in [1.82, 2.24) is 4.98 Å². The molecule has 0 aliphatic rings. The summed E-state index contributed by atoms with van der Waals surface area (Å²) < 4.78 is 39.0. The first-order valence-electron chi connectivity index (χ1n) is 5.38. The highest BCUT2D eigenvalue weighted by molar-refractivity contribution is 7.93. The van der Waals surface area contributed by atoms with Gasteiger partial charge in [-0.2, -0.15) is 0 Å². The largest absolute Gasteiger partial charge is 0.395 e. The van der Waals surface area contributed by atoms with Gasteiger partial charge in [-0.05, 0) is 24.3 Å². The van der Waals surface area contributed by atoms with Crippen LogP contribution in [0.4, 0.5) is 15.9 Å². The topological polar surface area (TPSA) is 76.3 Å². The number of pyridine rings is 1. The molecule has 0 saturated heterocycles. The number of sulfonamides is 1. The third kappa shape index (κ3) is 2.37. The minimum atomic E-state index is -3.94. The number of rotatable bonds is 3. The van der Waals surface area contributed by atoms with Crippen molar-refractivity contribution < 1.29 is 12.8 Å². The fourth-order valence-corrected chi connectivity index (χ4v) is 2.83. The van der Waals surface area contributed by atoms with Gasteiger partial charge in [0.05, 0.1) is 5.69 Å². The van der Waals surface area contributed by atoms with Gasteiger partial charge in [-0.3, -0.25) is 4.31 Å². The monoisotopic (exact) mass is 281 g/mol. The van der Waals surface area contributed by atoms with Gasteiger partial charge in [0.2, 0.25) is 0 Å². The Kier molecular flexibility index (Phi) is 3.39. The van der Waals surface area contributed by atoms with Crippen LogP contribution in [0.15, 0.2) is 47.5 Å². The molecule has 0 spiro atoms. The fraction of sp³-hybridized carbons (Fsp3) is 0.0833. The minimum absolute atomic E-state index is 0.228. The van der Waals surface area contributed by atoms with Crippen molar-refractivity contribution in [1.29, 1.82) is 0 Å². The van der Waals surface area contributed by atoms with Crippen molar-refractivity contribution in [2.75, 3.05) is 17.1 Å². The summed E-state index contributed by atoms with van der Waals surface area (Å²) in [5.41, 5.74) is 5.09. The summed E-state index contributed by atoms with van der Waals surface area (Å²) in [7, 11) is -2.60. The van der Waals surface area contributed by atoms with E-state index >= 15 is 0 Å². The van der Waals surface area contributed by atoms with Crippen molar-refractivity contribution >= 4 is 21.5 Å². The Morgan fingerprint density at radius 2 is 1.95 bits per heavy atom. The Morgan fingerprint density at radius 3 is 2.58 bits per heavy atom. The van der Waals surface area contributed by atoms with Crippen LogP contribution in [0.25, 0.3) is 0 Å². The molecule has 19 heavy (non-hydrogen) atoms. The second kappa shape index (κ2) is 4.85. The van der Waals surface area contributed by atoms with E-state index < -0.39 is 21.5 Å². The highest BCUT2D eigenvalue weighted by Gasteiger charge is 2.25. The summed E-state index contributed by atoms with van der Waals surface area (Å²) >= 11 is 0. The van der Waals surface area contributed by atoms with Crippen LogP contribution in [-0.4, -0.2) is 20.4 Å². The molecule has 2 aromatic rings. The van der Waals surface area contributed by atoms with Gasteiger partial charge in [0.15, 0.2) is 0 Å². The smallest absolute Gasteiger partial charge is 0.267 e. The molecule has 0 radical (unpaired) electrons. The van der Waals surface area contributed by atoms with Gasteiger partial charge >= 0.3 is 0 Å². The first kappa shape index (κ1) is 13.3. The Bertz CT molecular complexity index is 689. The number of benzene rings is 1. The number of nitrogens with two attached hydrogens (primary N) is 1. The molecule has 100 valence electrons. The van der Waals surface area contributed by atoms with Crippen molar-refractivity contribution in [3.63, 3.8) is 0 Å². The molecule has 2 rings (SSSR count). The maximum Gasteiger partial charge on any atom is 0.267 e. The van der Waals surface area contributed by atoms with Crippen LogP contribution in [0.1, 0.15) is 0 Å². The predicted molar refractivity (Wildman–Crippen MR) is 70.6 cm³/mol. The lowest BCUT2D eigenvalue weighted by atomic mass is 10.3. The third-order valence-electron chi connectivity index (χ3n) is 2.62. The van der Waals surface area contributed by atoms with Crippen LogP contribution in [0.2, 0.25) is 0 Å². The highest BCUT2D eigenvalue weighted by atomic mass is 32.2. The summed E-state index contributed by atoms with van der Waals surface area (Å²) in [5.74, 6) is -0.540. The van der Waals surface area contributed by atoms with Gasteiger partial charge in [0, 0.05) is 13.2 Å². The zero-order valence-corrected chi connectivity index (χ0v) is 10.9. The molecule has 0 amide bonds. The van der Waals surface area contributed by atoms with Crippen LogP contribution in [0, 0.1) is 5.82 Å². The number of halogens is 1. The number of hydrogen-bond donors (Lipinski definition) is 1. The molecular formula is C12H12FN3O2S. The summed E-state index contributed by atoms with van der Waals surface area (Å²) in [6.07, 6.45) is 1.47. The quantitative estimate of drug-likeness (QED) is 0.867. The SMILES string of the molecule is CN(c1ccccn1)S(=O)(=O)c1cccc(F)c1N. The van der Waals surface area contributed by atoms with Crippen molar-refractivity contribution in [2.45, 2.75) is 4.90 Å². The van der Waals surface area contributed by atoms with Gasteiger partial charge in [0.25, 0.3) is 10.0 Å². The lowest BCUT2D eigenvalue weighted by molar-refractivity contribution is 0.590. The molecule has 0 bridgehead atoms. The van der Waals surface area contributed by atoms with E-state index in [0.29, 0.717) is 0 Å². The molecule has 7 heteroatoms. The van der Waals surface area contributed by atoms with Crippen molar-refractivity contribution in [2.24, 2.45) is 0 Å². The second-order valence-corrected chi connectivity index (χ2v) is 5.75. The predicted octanol–water partition coefficient (Wildman–Crippen LogP) is 1.63. The van der Waals surface area contributed by atoms with Crippen LogP contribution in [0.3, 0.4) is 0 Å². The zero-order chi connectivity index (χ0) is 14.0. The van der Waals surface area contributed by atoms with E-state index in [4.69, 9.17) is 5.73 Å². The van der Waals surface area contributed by atoms with E-state index in [2.05, 4.69) is 4.98 Å². The van der Waals surface area contributed by atoms with Crippen LogP contribution in [0.5, 0.6) is 0 Å². The molecular weight excluding hydrogens is 269 g/mol. The number of nitrogen functional groups attached to an aromatic ring is 1. The summed E-state index contributed by atoms with van der Waals surface area (Å²) in [4.78, 5) is 3.66. The average Bonchev–Trinajstić information content (AvgIpc) is 2.41. The second-order valence-electron chi connectivity index (χ2n) is 3.81. The van der Waals surface area contributed by atoms with E-state index in [1.165, 1.54) is 31.4 Å². The number of aromatic nitrogens is 1. The van der Waals surface area contributed by atoms with E-state index in [0.717, 1.165) is 10.4 Å². The van der Waals surface area contributed by atoms with Crippen molar-refractivity contribution in [3.05, 3.63) is 48.4 Å². The molecule has 1 aromatic carbocycles. The minimum Gasteiger partial charge on any atom is -0.395 e. The summed E-state index contributed by atoms with van der Waals surface area (Å²) in [6.45, 7) is 0. The molecule has 0 aliphatic carbocycles. The van der Waals surface area contributed by atoms with Crippen LogP contribution < -0.4 is 10.0 Å². The standard InChI is InChI=1S/C12H12FN3O2S/c1-16(11-7-2-3-8-15-11)19(17,18)10-6-4-5-9(13)12(10)14/h2-8H,14H2,1H3. The van der Waals surface area contributed by atoms with Gasteiger partial charge in [-0.15, -0.1) is 0 Å². The van der Waals surface area contributed by atoms with E-state index in [9.17, 15) is 12.8 Å². The number of hydrogen-bond acceptors (Lipinski definition) is 4. The lowest BCUT2D eigenvalue weighted by Crippen LogP contribution is -2.28. The maximum atomic E-state index is 13.4. The Balaban J connectivity index is 2.52. The molecule has 0 saturated carbocycles. The number of nitrogens with zero attached hydrogens (tertiary/aromatic N) is 2. The third-order valence-corrected chi connectivity index (χ3v) is 4.44. The summed E-state index contributed by atoms with van der Waals surface area (Å²) in [5, 5.41) is 0. The molecule has 0 aliphatic heterocycles. The molecule has 0 unspecified atom stereocenters. The summed E-state index contributed by atoms with van der Waals surface area (Å²) in [6, 6.07) is 8.52. The number of para-hydroxylation sites is 1. The molecule has 5 nitrogen and oxygen atoms in total. The molecule has 2 N–H and O–H groups in total. The molecule has 1 heterocycles. The lowest BCUT2D eigenvalue weighted by Gasteiger charge is -2.19. The molecule has 0 atom stereocenters. The van der Waals surface area contributed by atoms with Crippen molar-refractivity contribution in [3.8, 4) is 0 Å². The maximum absolute atomic E-state index is 13.4. The fourth-order valence-electron chi connectivity index (χ4n) is 1.55. The Morgan fingerprint density at radius 1 is 1.21 bits per heavy atom. The zero-order valence-electron chi connectivity index (χ0n) is 10.1.